The average Bonchev–Trinajstić information content (AvgIpc) is 2.56. The van der Waals surface area contributed by atoms with E-state index in [0.717, 1.165) is 6.07 Å². The van der Waals surface area contributed by atoms with E-state index in [1.165, 1.54) is 18.5 Å². The Kier molecular flexibility index (Phi) is 5.25. The number of halogens is 5. The molecule has 2 aromatic carbocycles. The van der Waals surface area contributed by atoms with E-state index < -0.39 is 11.7 Å². The molecule has 1 aromatic heterocycles. The van der Waals surface area contributed by atoms with Gasteiger partial charge in [0.25, 0.3) is 0 Å². The van der Waals surface area contributed by atoms with E-state index in [-0.39, 0.29) is 23.0 Å². The number of hydrogen-bond donors (Lipinski definition) is 1. The Bertz CT molecular complexity index is 945. The molecule has 3 nitrogen and oxygen atoms in total. The van der Waals surface area contributed by atoms with Crippen LogP contribution in [0.25, 0.3) is 10.9 Å². The zero-order valence-corrected chi connectivity index (χ0v) is 15.1. The predicted molar refractivity (Wildman–Crippen MR) is 97.8 cm³/mol. The van der Waals surface area contributed by atoms with E-state index in [0.29, 0.717) is 21.7 Å². The summed E-state index contributed by atoms with van der Waals surface area (Å²) in [5, 5.41) is 4.39. The fourth-order valence-corrected chi connectivity index (χ4v) is 3.17. The second-order valence-corrected chi connectivity index (χ2v) is 6.75. The first-order valence-electron chi connectivity index (χ1n) is 7.77. The molecule has 1 N–H and O–H groups in total. The van der Waals surface area contributed by atoms with Crippen molar-refractivity contribution in [3.05, 3.63) is 63.9 Å². The van der Waals surface area contributed by atoms with E-state index in [4.69, 9.17) is 23.2 Å². The summed E-state index contributed by atoms with van der Waals surface area (Å²) in [6.45, 7) is 1.78. The molecular formula is C18H14Cl2F3N3. The fraction of sp³-hybridized carbons (Fsp3) is 0.222. The SMILES string of the molecule is CC(Cc1ccc(Cl)cc1C(F)(F)F)Nc1ncnc2c(Cl)cccc12. The number of anilines is 1. The molecule has 0 aliphatic rings. The molecule has 8 heteroatoms. The Morgan fingerprint density at radius 2 is 1.88 bits per heavy atom. The summed E-state index contributed by atoms with van der Waals surface area (Å²) in [6, 6.07) is 8.78. The van der Waals surface area contributed by atoms with Crippen LogP contribution in [0.15, 0.2) is 42.7 Å². The molecule has 0 saturated carbocycles. The van der Waals surface area contributed by atoms with Gasteiger partial charge in [-0.1, -0.05) is 35.3 Å². The van der Waals surface area contributed by atoms with E-state index in [1.54, 1.807) is 25.1 Å². The van der Waals surface area contributed by atoms with Crippen LogP contribution < -0.4 is 5.32 Å². The number of hydrogen-bond acceptors (Lipinski definition) is 3. The van der Waals surface area contributed by atoms with Crippen LogP contribution in [0.4, 0.5) is 19.0 Å². The van der Waals surface area contributed by atoms with E-state index in [2.05, 4.69) is 15.3 Å². The summed E-state index contributed by atoms with van der Waals surface area (Å²) in [4.78, 5) is 8.33. The third-order valence-corrected chi connectivity index (χ3v) is 4.44. The van der Waals surface area contributed by atoms with E-state index in [1.807, 2.05) is 0 Å². The molecule has 0 radical (unpaired) electrons. The quantitative estimate of drug-likeness (QED) is 0.584. The summed E-state index contributed by atoms with van der Waals surface area (Å²) < 4.78 is 39.7. The van der Waals surface area contributed by atoms with Crippen molar-refractivity contribution in [2.24, 2.45) is 0 Å². The Labute approximate surface area is 158 Å². The van der Waals surface area contributed by atoms with Crippen LogP contribution in [0.5, 0.6) is 0 Å². The monoisotopic (exact) mass is 399 g/mol. The normalized spacial score (nSPS) is 13.0. The molecule has 0 amide bonds. The van der Waals surface area contributed by atoms with Crippen LogP contribution in [0.2, 0.25) is 10.0 Å². The van der Waals surface area contributed by atoms with Gasteiger partial charge in [-0.3, -0.25) is 0 Å². The van der Waals surface area contributed by atoms with E-state index in [9.17, 15) is 13.2 Å². The first-order chi connectivity index (χ1) is 12.3. The lowest BCUT2D eigenvalue weighted by molar-refractivity contribution is -0.138. The zero-order chi connectivity index (χ0) is 18.9. The Morgan fingerprint density at radius 3 is 2.62 bits per heavy atom. The summed E-state index contributed by atoms with van der Waals surface area (Å²) in [6.07, 6.45) is -2.94. The maximum absolute atomic E-state index is 13.2. The molecule has 136 valence electrons. The van der Waals surface area contributed by atoms with Gasteiger partial charge in [0, 0.05) is 16.5 Å². The Morgan fingerprint density at radius 1 is 1.12 bits per heavy atom. The first-order valence-corrected chi connectivity index (χ1v) is 8.52. The second kappa shape index (κ2) is 7.29. The van der Waals surface area contributed by atoms with Crippen LogP contribution in [0, 0.1) is 0 Å². The largest absolute Gasteiger partial charge is 0.416 e. The van der Waals surface area contributed by atoms with Crippen LogP contribution >= 0.6 is 23.2 Å². The van der Waals surface area contributed by atoms with Gasteiger partial charge in [0.2, 0.25) is 0 Å². The smallest absolute Gasteiger partial charge is 0.367 e. The molecule has 1 heterocycles. The number of fused-ring (bicyclic) bond motifs is 1. The number of rotatable bonds is 4. The lowest BCUT2D eigenvalue weighted by atomic mass is 10.0. The van der Waals surface area contributed by atoms with Gasteiger partial charge in [-0.05, 0) is 43.2 Å². The molecule has 0 aliphatic heterocycles. The summed E-state index contributed by atoms with van der Waals surface area (Å²) >= 11 is 11.8. The molecular weight excluding hydrogens is 386 g/mol. The third-order valence-electron chi connectivity index (χ3n) is 3.90. The summed E-state index contributed by atoms with van der Waals surface area (Å²) in [5.41, 5.74) is 0.0221. The minimum absolute atomic E-state index is 0.0538. The molecule has 0 bridgehead atoms. The van der Waals surface area contributed by atoms with Crippen LogP contribution in [-0.2, 0) is 12.6 Å². The molecule has 1 atom stereocenters. The van der Waals surface area contributed by atoms with Crippen molar-refractivity contribution in [2.45, 2.75) is 25.6 Å². The molecule has 1 unspecified atom stereocenters. The molecule has 0 spiro atoms. The topological polar surface area (TPSA) is 37.8 Å². The molecule has 0 aliphatic carbocycles. The lowest BCUT2D eigenvalue weighted by Crippen LogP contribution is -2.21. The van der Waals surface area contributed by atoms with Gasteiger partial charge in [-0.25, -0.2) is 9.97 Å². The highest BCUT2D eigenvalue weighted by Gasteiger charge is 2.33. The minimum Gasteiger partial charge on any atom is -0.367 e. The van der Waals surface area contributed by atoms with Crippen molar-refractivity contribution in [3.8, 4) is 0 Å². The maximum atomic E-state index is 13.2. The highest BCUT2D eigenvalue weighted by atomic mass is 35.5. The van der Waals surface area contributed by atoms with Gasteiger partial charge in [-0.2, -0.15) is 13.2 Å². The Hall–Kier alpha value is -2.05. The standard InChI is InChI=1S/C18H14Cl2F3N3/c1-10(7-11-5-6-12(19)8-14(11)18(21,22)23)26-17-13-3-2-4-15(20)16(13)24-9-25-17/h2-6,8-10H,7H2,1H3,(H,24,25,26). The third kappa shape index (κ3) is 4.02. The summed E-state index contributed by atoms with van der Waals surface area (Å²) in [7, 11) is 0. The number of aromatic nitrogens is 2. The van der Waals surface area contributed by atoms with Crippen molar-refractivity contribution in [1.29, 1.82) is 0 Å². The fourth-order valence-electron chi connectivity index (χ4n) is 2.77. The van der Waals surface area contributed by atoms with Crippen LogP contribution in [0.1, 0.15) is 18.1 Å². The molecule has 3 rings (SSSR count). The number of benzene rings is 2. The molecule has 26 heavy (non-hydrogen) atoms. The number of alkyl halides is 3. The van der Waals surface area contributed by atoms with Crippen molar-refractivity contribution in [1.82, 2.24) is 9.97 Å². The molecule has 3 aromatic rings. The van der Waals surface area contributed by atoms with Gasteiger partial charge in [0.05, 0.1) is 16.1 Å². The van der Waals surface area contributed by atoms with Crippen LogP contribution in [-0.4, -0.2) is 16.0 Å². The van der Waals surface area contributed by atoms with Crippen molar-refractivity contribution in [2.75, 3.05) is 5.32 Å². The van der Waals surface area contributed by atoms with Gasteiger partial charge in [-0.15, -0.1) is 0 Å². The van der Waals surface area contributed by atoms with Gasteiger partial charge in [0.1, 0.15) is 12.1 Å². The number of para-hydroxylation sites is 1. The van der Waals surface area contributed by atoms with E-state index >= 15 is 0 Å². The number of nitrogens with one attached hydrogen (secondary N) is 1. The van der Waals surface area contributed by atoms with Crippen molar-refractivity contribution in [3.63, 3.8) is 0 Å². The number of nitrogens with zero attached hydrogens (tertiary/aromatic N) is 2. The van der Waals surface area contributed by atoms with Gasteiger partial charge in [0.15, 0.2) is 0 Å². The average molecular weight is 400 g/mol. The lowest BCUT2D eigenvalue weighted by Gasteiger charge is -2.19. The predicted octanol–water partition coefficient (Wildman–Crippen LogP) is 6.00. The van der Waals surface area contributed by atoms with Gasteiger partial charge < -0.3 is 5.32 Å². The Balaban J connectivity index is 1.87. The van der Waals surface area contributed by atoms with Gasteiger partial charge >= 0.3 is 6.18 Å². The van der Waals surface area contributed by atoms with Crippen LogP contribution in [0.3, 0.4) is 0 Å². The van der Waals surface area contributed by atoms with Crippen molar-refractivity contribution >= 4 is 39.9 Å². The molecule has 0 saturated heterocycles. The maximum Gasteiger partial charge on any atom is 0.416 e. The minimum atomic E-state index is -4.46. The second-order valence-electron chi connectivity index (χ2n) is 5.91. The first kappa shape index (κ1) is 18.7. The zero-order valence-electron chi connectivity index (χ0n) is 13.6. The highest BCUT2D eigenvalue weighted by Crippen LogP contribution is 2.34. The summed E-state index contributed by atoms with van der Waals surface area (Å²) in [5.74, 6) is 0.521. The molecule has 0 fully saturated rings. The highest BCUT2D eigenvalue weighted by molar-refractivity contribution is 6.35. The van der Waals surface area contributed by atoms with Crippen molar-refractivity contribution < 1.29 is 13.2 Å².